The second-order valence-corrected chi connectivity index (χ2v) is 7.46. The standard InChI is InChI=1S/C21H22F3N3O/c22-21(23,24)19-12-18(7-9-25-19)26-10-3-6-17(14-26)20(28)27-11-8-15-4-1-2-5-16(15)13-27/h1-2,4-5,7,9,12,17H,3,6,8,10-11,13-14H2. The highest BCUT2D eigenvalue weighted by atomic mass is 19.4. The van der Waals surface area contributed by atoms with Gasteiger partial charge in [0, 0.05) is 38.1 Å². The van der Waals surface area contributed by atoms with Crippen LogP contribution in [0.5, 0.6) is 0 Å². The average molecular weight is 389 g/mol. The fraction of sp³-hybridized carbons (Fsp3) is 0.429. The maximum absolute atomic E-state index is 13.1. The number of aromatic nitrogens is 1. The molecule has 2 aliphatic heterocycles. The fourth-order valence-electron chi connectivity index (χ4n) is 4.13. The Bertz CT molecular complexity index is 868. The lowest BCUT2D eigenvalue weighted by atomic mass is 9.93. The summed E-state index contributed by atoms with van der Waals surface area (Å²) >= 11 is 0. The van der Waals surface area contributed by atoms with E-state index in [1.54, 1.807) is 6.07 Å². The molecule has 1 fully saturated rings. The molecular weight excluding hydrogens is 367 g/mol. The van der Waals surface area contributed by atoms with Crippen molar-refractivity contribution in [1.82, 2.24) is 9.88 Å². The molecule has 0 N–H and O–H groups in total. The van der Waals surface area contributed by atoms with Crippen molar-refractivity contribution >= 4 is 11.6 Å². The molecule has 2 aromatic rings. The summed E-state index contributed by atoms with van der Waals surface area (Å²) in [4.78, 5) is 20.3. The van der Waals surface area contributed by atoms with E-state index in [1.165, 1.54) is 17.3 Å². The van der Waals surface area contributed by atoms with E-state index in [-0.39, 0.29) is 11.8 Å². The van der Waals surface area contributed by atoms with Gasteiger partial charge in [-0.05, 0) is 42.5 Å². The number of nitrogens with zero attached hydrogens (tertiary/aromatic N) is 3. The van der Waals surface area contributed by atoms with Crippen LogP contribution in [0.25, 0.3) is 0 Å². The minimum atomic E-state index is -4.47. The number of carbonyl (C=O) groups is 1. The third-order valence-electron chi connectivity index (χ3n) is 5.61. The summed E-state index contributed by atoms with van der Waals surface area (Å²) in [5.74, 6) is -0.0918. The number of pyridine rings is 1. The Morgan fingerprint density at radius 2 is 1.89 bits per heavy atom. The summed E-state index contributed by atoms with van der Waals surface area (Å²) in [7, 11) is 0. The summed E-state index contributed by atoms with van der Waals surface area (Å²) in [6, 6.07) is 10.8. The first-order valence-corrected chi connectivity index (χ1v) is 9.55. The van der Waals surface area contributed by atoms with Gasteiger partial charge in [-0.3, -0.25) is 9.78 Å². The number of carbonyl (C=O) groups excluding carboxylic acids is 1. The SMILES string of the molecule is O=C(C1CCCN(c2ccnc(C(F)(F)F)c2)C1)N1CCc2ccccc2C1. The van der Waals surface area contributed by atoms with Crippen molar-refractivity contribution in [1.29, 1.82) is 0 Å². The molecule has 0 radical (unpaired) electrons. The Labute approximate surface area is 162 Å². The third kappa shape index (κ3) is 3.84. The Hall–Kier alpha value is -2.57. The van der Waals surface area contributed by atoms with Crippen LogP contribution < -0.4 is 4.90 Å². The molecule has 0 bridgehead atoms. The van der Waals surface area contributed by atoms with Crippen LogP contribution in [0, 0.1) is 5.92 Å². The monoisotopic (exact) mass is 389 g/mol. The van der Waals surface area contributed by atoms with E-state index in [2.05, 4.69) is 17.1 Å². The van der Waals surface area contributed by atoms with Crippen molar-refractivity contribution in [3.05, 3.63) is 59.4 Å². The predicted molar refractivity (Wildman–Crippen MR) is 99.7 cm³/mol. The van der Waals surface area contributed by atoms with Gasteiger partial charge in [0.25, 0.3) is 0 Å². The number of halogens is 3. The molecule has 1 amide bonds. The van der Waals surface area contributed by atoms with Crippen LogP contribution in [-0.2, 0) is 23.9 Å². The number of amides is 1. The predicted octanol–water partition coefficient (Wildman–Crippen LogP) is 3.90. The van der Waals surface area contributed by atoms with E-state index in [1.807, 2.05) is 21.9 Å². The van der Waals surface area contributed by atoms with E-state index in [9.17, 15) is 18.0 Å². The maximum Gasteiger partial charge on any atom is 0.433 e. The topological polar surface area (TPSA) is 36.4 Å². The van der Waals surface area contributed by atoms with E-state index in [4.69, 9.17) is 0 Å². The molecule has 1 aromatic heterocycles. The van der Waals surface area contributed by atoms with Crippen molar-refractivity contribution in [2.45, 2.75) is 32.0 Å². The second-order valence-electron chi connectivity index (χ2n) is 7.46. The van der Waals surface area contributed by atoms with Crippen LogP contribution in [0.2, 0.25) is 0 Å². The number of anilines is 1. The Morgan fingerprint density at radius 1 is 1.11 bits per heavy atom. The lowest BCUT2D eigenvalue weighted by molar-refractivity contribution is -0.141. The molecule has 1 aromatic carbocycles. The highest BCUT2D eigenvalue weighted by Crippen LogP contribution is 2.32. The molecule has 0 spiro atoms. The van der Waals surface area contributed by atoms with E-state index >= 15 is 0 Å². The fourth-order valence-corrected chi connectivity index (χ4v) is 4.13. The van der Waals surface area contributed by atoms with Gasteiger partial charge >= 0.3 is 6.18 Å². The summed E-state index contributed by atoms with van der Waals surface area (Å²) in [5, 5.41) is 0. The maximum atomic E-state index is 13.1. The molecule has 1 unspecified atom stereocenters. The van der Waals surface area contributed by atoms with Gasteiger partial charge < -0.3 is 9.80 Å². The Kier molecular flexibility index (Phi) is 5.00. The van der Waals surface area contributed by atoms with E-state index < -0.39 is 11.9 Å². The molecule has 1 atom stereocenters. The molecule has 3 heterocycles. The molecule has 28 heavy (non-hydrogen) atoms. The van der Waals surface area contributed by atoms with Crippen LogP contribution in [0.1, 0.15) is 29.7 Å². The first kappa shape index (κ1) is 18.8. The Morgan fingerprint density at radius 3 is 2.68 bits per heavy atom. The minimum Gasteiger partial charge on any atom is -0.371 e. The van der Waals surface area contributed by atoms with Crippen LogP contribution >= 0.6 is 0 Å². The first-order chi connectivity index (χ1) is 13.4. The average Bonchev–Trinajstić information content (AvgIpc) is 2.72. The van der Waals surface area contributed by atoms with Crippen LogP contribution in [-0.4, -0.2) is 35.4 Å². The molecule has 0 saturated carbocycles. The third-order valence-corrected chi connectivity index (χ3v) is 5.61. The molecule has 7 heteroatoms. The normalized spacial score (nSPS) is 20.0. The lowest BCUT2D eigenvalue weighted by Crippen LogP contribution is -2.46. The lowest BCUT2D eigenvalue weighted by Gasteiger charge is -2.37. The van der Waals surface area contributed by atoms with Gasteiger partial charge in [-0.15, -0.1) is 0 Å². The second kappa shape index (κ2) is 7.45. The summed E-state index contributed by atoms with van der Waals surface area (Å²) in [5.41, 5.74) is 2.04. The number of fused-ring (bicyclic) bond motifs is 1. The molecule has 4 nitrogen and oxygen atoms in total. The van der Waals surface area contributed by atoms with Gasteiger partial charge in [-0.1, -0.05) is 24.3 Å². The van der Waals surface area contributed by atoms with Gasteiger partial charge in [0.15, 0.2) is 0 Å². The zero-order chi connectivity index (χ0) is 19.7. The largest absolute Gasteiger partial charge is 0.433 e. The smallest absolute Gasteiger partial charge is 0.371 e. The zero-order valence-corrected chi connectivity index (χ0v) is 15.5. The van der Waals surface area contributed by atoms with Gasteiger partial charge in [0.2, 0.25) is 5.91 Å². The molecule has 0 aliphatic carbocycles. The van der Waals surface area contributed by atoms with Crippen molar-refractivity contribution < 1.29 is 18.0 Å². The van der Waals surface area contributed by atoms with Crippen molar-refractivity contribution in [2.24, 2.45) is 5.92 Å². The van der Waals surface area contributed by atoms with Crippen molar-refractivity contribution in [2.75, 3.05) is 24.5 Å². The number of hydrogen-bond donors (Lipinski definition) is 0. The Balaban J connectivity index is 1.46. The molecule has 2 aliphatic rings. The van der Waals surface area contributed by atoms with Crippen LogP contribution in [0.4, 0.5) is 18.9 Å². The number of benzene rings is 1. The molecule has 4 rings (SSSR count). The van der Waals surface area contributed by atoms with Gasteiger partial charge in [-0.2, -0.15) is 13.2 Å². The zero-order valence-electron chi connectivity index (χ0n) is 15.5. The summed E-state index contributed by atoms with van der Waals surface area (Å²) in [6.45, 7) is 2.39. The first-order valence-electron chi connectivity index (χ1n) is 9.55. The summed E-state index contributed by atoms with van der Waals surface area (Å²) in [6.07, 6.45) is -0.889. The van der Waals surface area contributed by atoms with Gasteiger partial charge in [0.1, 0.15) is 5.69 Å². The van der Waals surface area contributed by atoms with Crippen molar-refractivity contribution in [3.8, 4) is 0 Å². The van der Waals surface area contributed by atoms with Crippen LogP contribution in [0.3, 0.4) is 0 Å². The summed E-state index contributed by atoms with van der Waals surface area (Å²) < 4.78 is 38.9. The number of hydrogen-bond acceptors (Lipinski definition) is 3. The quantitative estimate of drug-likeness (QED) is 0.782. The van der Waals surface area contributed by atoms with E-state index in [0.717, 1.165) is 25.3 Å². The minimum absolute atomic E-state index is 0.101. The number of alkyl halides is 3. The van der Waals surface area contributed by atoms with E-state index in [0.29, 0.717) is 31.9 Å². The number of piperidine rings is 1. The van der Waals surface area contributed by atoms with Crippen molar-refractivity contribution in [3.63, 3.8) is 0 Å². The number of rotatable bonds is 2. The van der Waals surface area contributed by atoms with Gasteiger partial charge in [-0.25, -0.2) is 0 Å². The van der Waals surface area contributed by atoms with Crippen LogP contribution in [0.15, 0.2) is 42.6 Å². The molecular formula is C21H22F3N3O. The molecule has 1 saturated heterocycles. The highest BCUT2D eigenvalue weighted by Gasteiger charge is 2.34. The van der Waals surface area contributed by atoms with Gasteiger partial charge in [0.05, 0.1) is 5.92 Å². The molecule has 148 valence electrons. The highest BCUT2D eigenvalue weighted by molar-refractivity contribution is 5.80.